The largest absolute Gasteiger partial charge is 0.379 e. The summed E-state index contributed by atoms with van der Waals surface area (Å²) in [4.78, 5) is 6.88. The lowest BCUT2D eigenvalue weighted by Gasteiger charge is -2.26. The predicted molar refractivity (Wildman–Crippen MR) is 103 cm³/mol. The lowest BCUT2D eigenvalue weighted by Crippen LogP contribution is -2.38. The van der Waals surface area contributed by atoms with Crippen molar-refractivity contribution >= 4 is 10.9 Å². The van der Waals surface area contributed by atoms with E-state index in [1.54, 1.807) is 11.0 Å². The Bertz CT molecular complexity index is 889. The van der Waals surface area contributed by atoms with Crippen molar-refractivity contribution in [1.29, 1.82) is 0 Å². The van der Waals surface area contributed by atoms with Crippen LogP contribution in [0.5, 0.6) is 0 Å². The molecule has 3 aromatic rings. The second-order valence-corrected chi connectivity index (χ2v) is 7.36. The topological polar surface area (TPSA) is 48.1 Å². The van der Waals surface area contributed by atoms with E-state index in [1.165, 1.54) is 16.5 Å². The molecule has 1 aliphatic heterocycles. The fourth-order valence-electron chi connectivity index (χ4n) is 3.65. The van der Waals surface area contributed by atoms with Gasteiger partial charge in [0.05, 0.1) is 13.2 Å². The maximum Gasteiger partial charge on any atom is 0.181 e. The molecule has 6 nitrogen and oxygen atoms in total. The van der Waals surface area contributed by atoms with E-state index >= 15 is 0 Å². The number of aromatic nitrogens is 4. The lowest BCUT2D eigenvalue weighted by molar-refractivity contribution is 0.0365. The second-order valence-electron chi connectivity index (χ2n) is 7.36. The first-order valence-electron chi connectivity index (χ1n) is 9.40. The SMILES string of the molecule is CC(C)c1cn(CCN2CCOCC2)c2ccc(-c3ncn(C)n3)cc12. The zero-order valence-electron chi connectivity index (χ0n) is 15.9. The molecular formula is C20H27N5O. The Hall–Kier alpha value is -2.18. The molecule has 0 spiro atoms. The number of fused-ring (bicyclic) bond motifs is 1. The van der Waals surface area contributed by atoms with E-state index in [0.29, 0.717) is 5.92 Å². The normalized spacial score (nSPS) is 16.0. The van der Waals surface area contributed by atoms with E-state index in [4.69, 9.17) is 4.74 Å². The third kappa shape index (κ3) is 3.39. The summed E-state index contributed by atoms with van der Waals surface area (Å²) in [7, 11) is 1.90. The first-order valence-corrected chi connectivity index (χ1v) is 9.40. The standard InChI is InChI=1S/C20H27N5O/c1-15(2)18-13-25(7-6-24-8-10-26-11-9-24)19-5-4-16(12-17(18)19)20-21-14-23(3)22-20/h4-5,12-15H,6-11H2,1-3H3. The van der Waals surface area contributed by atoms with Gasteiger partial charge in [-0.15, -0.1) is 0 Å². The van der Waals surface area contributed by atoms with Crippen LogP contribution in [0.15, 0.2) is 30.7 Å². The average Bonchev–Trinajstić information content (AvgIpc) is 3.24. The van der Waals surface area contributed by atoms with Gasteiger partial charge in [0.15, 0.2) is 5.82 Å². The number of nitrogens with zero attached hydrogens (tertiary/aromatic N) is 5. The molecule has 1 fully saturated rings. The zero-order chi connectivity index (χ0) is 18.1. The van der Waals surface area contributed by atoms with Crippen LogP contribution in [-0.4, -0.2) is 57.1 Å². The number of benzene rings is 1. The van der Waals surface area contributed by atoms with Crippen molar-refractivity contribution in [3.63, 3.8) is 0 Å². The van der Waals surface area contributed by atoms with E-state index in [1.807, 2.05) is 7.05 Å². The minimum Gasteiger partial charge on any atom is -0.379 e. The van der Waals surface area contributed by atoms with Crippen molar-refractivity contribution in [3.8, 4) is 11.4 Å². The van der Waals surface area contributed by atoms with Crippen LogP contribution < -0.4 is 0 Å². The van der Waals surface area contributed by atoms with Gasteiger partial charge in [0.2, 0.25) is 0 Å². The van der Waals surface area contributed by atoms with E-state index in [0.717, 1.165) is 50.8 Å². The first kappa shape index (κ1) is 17.2. The maximum atomic E-state index is 5.45. The van der Waals surface area contributed by atoms with Crippen LogP contribution in [0.25, 0.3) is 22.3 Å². The van der Waals surface area contributed by atoms with Gasteiger partial charge in [0.25, 0.3) is 0 Å². The molecule has 0 radical (unpaired) electrons. The molecule has 138 valence electrons. The summed E-state index contributed by atoms with van der Waals surface area (Å²) in [6.07, 6.45) is 4.07. The molecule has 2 aromatic heterocycles. The van der Waals surface area contributed by atoms with Crippen LogP contribution in [0.1, 0.15) is 25.3 Å². The molecule has 0 saturated carbocycles. The molecule has 0 bridgehead atoms. The van der Waals surface area contributed by atoms with Gasteiger partial charge in [-0.1, -0.05) is 13.8 Å². The molecule has 6 heteroatoms. The number of hydrogen-bond acceptors (Lipinski definition) is 4. The highest BCUT2D eigenvalue weighted by molar-refractivity contribution is 5.88. The highest BCUT2D eigenvalue weighted by Gasteiger charge is 2.15. The number of morpholine rings is 1. The fourth-order valence-corrected chi connectivity index (χ4v) is 3.65. The summed E-state index contributed by atoms with van der Waals surface area (Å²) in [6, 6.07) is 6.59. The minimum atomic E-state index is 0.481. The van der Waals surface area contributed by atoms with Crippen LogP contribution in [0.4, 0.5) is 0 Å². The van der Waals surface area contributed by atoms with Gasteiger partial charge in [-0.25, -0.2) is 4.98 Å². The molecule has 3 heterocycles. The predicted octanol–water partition coefficient (Wildman–Crippen LogP) is 2.89. The van der Waals surface area contributed by atoms with Gasteiger partial charge in [-0.05, 0) is 29.7 Å². The molecule has 0 aliphatic carbocycles. The number of ether oxygens (including phenoxy) is 1. The number of aryl methyl sites for hydroxylation is 1. The number of rotatable bonds is 5. The highest BCUT2D eigenvalue weighted by atomic mass is 16.5. The van der Waals surface area contributed by atoms with Gasteiger partial charge >= 0.3 is 0 Å². The molecule has 0 N–H and O–H groups in total. The van der Waals surface area contributed by atoms with Crippen LogP contribution in [-0.2, 0) is 18.3 Å². The van der Waals surface area contributed by atoms with E-state index < -0.39 is 0 Å². The van der Waals surface area contributed by atoms with Crippen molar-refractivity contribution in [2.75, 3.05) is 32.8 Å². The Labute approximate surface area is 154 Å². The third-order valence-electron chi connectivity index (χ3n) is 5.15. The van der Waals surface area contributed by atoms with Gasteiger partial charge in [-0.3, -0.25) is 9.58 Å². The molecule has 0 atom stereocenters. The Balaban J connectivity index is 1.65. The molecule has 1 aromatic carbocycles. The summed E-state index contributed by atoms with van der Waals surface area (Å²) in [6.45, 7) is 10.4. The van der Waals surface area contributed by atoms with Crippen molar-refractivity contribution in [3.05, 3.63) is 36.3 Å². The van der Waals surface area contributed by atoms with Crippen molar-refractivity contribution in [2.45, 2.75) is 26.3 Å². The van der Waals surface area contributed by atoms with Crippen LogP contribution in [0.2, 0.25) is 0 Å². The lowest BCUT2D eigenvalue weighted by atomic mass is 10.0. The molecule has 26 heavy (non-hydrogen) atoms. The molecule has 1 saturated heterocycles. The Morgan fingerprint density at radius 2 is 1.96 bits per heavy atom. The number of hydrogen-bond donors (Lipinski definition) is 0. The molecule has 0 amide bonds. The first-order chi connectivity index (χ1) is 12.6. The average molecular weight is 353 g/mol. The van der Waals surface area contributed by atoms with Crippen molar-refractivity contribution in [1.82, 2.24) is 24.2 Å². The highest BCUT2D eigenvalue weighted by Crippen LogP contribution is 2.30. The summed E-state index contributed by atoms with van der Waals surface area (Å²) in [5.41, 5.74) is 3.76. The fraction of sp³-hybridized carbons (Fsp3) is 0.500. The van der Waals surface area contributed by atoms with Crippen LogP contribution in [0, 0.1) is 0 Å². The van der Waals surface area contributed by atoms with E-state index in [9.17, 15) is 0 Å². The molecule has 0 unspecified atom stereocenters. The Kier molecular flexibility index (Phi) is 4.78. The van der Waals surface area contributed by atoms with Crippen molar-refractivity contribution in [2.24, 2.45) is 7.05 Å². The monoisotopic (exact) mass is 353 g/mol. The third-order valence-corrected chi connectivity index (χ3v) is 5.15. The smallest absolute Gasteiger partial charge is 0.181 e. The summed E-state index contributed by atoms with van der Waals surface area (Å²) in [5.74, 6) is 1.26. The summed E-state index contributed by atoms with van der Waals surface area (Å²) < 4.78 is 9.60. The van der Waals surface area contributed by atoms with Crippen LogP contribution in [0.3, 0.4) is 0 Å². The van der Waals surface area contributed by atoms with Crippen molar-refractivity contribution < 1.29 is 4.74 Å². The van der Waals surface area contributed by atoms with E-state index in [-0.39, 0.29) is 0 Å². The Morgan fingerprint density at radius 1 is 1.15 bits per heavy atom. The van der Waals surface area contributed by atoms with Gasteiger partial charge in [0, 0.05) is 55.9 Å². The van der Waals surface area contributed by atoms with E-state index in [2.05, 4.69) is 57.8 Å². The van der Waals surface area contributed by atoms with Gasteiger partial charge < -0.3 is 9.30 Å². The quantitative estimate of drug-likeness (QED) is 0.708. The Morgan fingerprint density at radius 3 is 2.65 bits per heavy atom. The van der Waals surface area contributed by atoms with Crippen LogP contribution >= 0.6 is 0 Å². The zero-order valence-corrected chi connectivity index (χ0v) is 15.9. The second kappa shape index (κ2) is 7.21. The maximum absolute atomic E-state index is 5.45. The minimum absolute atomic E-state index is 0.481. The molecular weight excluding hydrogens is 326 g/mol. The summed E-state index contributed by atoms with van der Waals surface area (Å²) >= 11 is 0. The van der Waals surface area contributed by atoms with Gasteiger partial charge in [0.1, 0.15) is 6.33 Å². The molecule has 1 aliphatic rings. The summed E-state index contributed by atoms with van der Waals surface area (Å²) in [5, 5.41) is 5.76. The molecule has 4 rings (SSSR count). The van der Waals surface area contributed by atoms with Gasteiger partial charge in [-0.2, -0.15) is 5.10 Å².